The highest BCUT2D eigenvalue weighted by molar-refractivity contribution is 9.10. The van der Waals surface area contributed by atoms with Crippen molar-refractivity contribution in [2.75, 3.05) is 13.6 Å². The fourth-order valence-electron chi connectivity index (χ4n) is 3.58. The quantitative estimate of drug-likeness (QED) is 0.694. The minimum Gasteiger partial charge on any atom is -0.344 e. The molecule has 0 radical (unpaired) electrons. The molecule has 0 saturated carbocycles. The van der Waals surface area contributed by atoms with Crippen LogP contribution in [0, 0.1) is 0 Å². The molecule has 2 aromatic heterocycles. The summed E-state index contributed by atoms with van der Waals surface area (Å²) in [5.41, 5.74) is 5.51. The molecular formula is C19H20BrN3. The molecule has 0 bridgehead atoms. The molecule has 0 fully saturated rings. The zero-order valence-electron chi connectivity index (χ0n) is 13.3. The molecule has 0 amide bonds. The number of pyridine rings is 1. The van der Waals surface area contributed by atoms with Gasteiger partial charge in [0.15, 0.2) is 0 Å². The Morgan fingerprint density at radius 2 is 2.13 bits per heavy atom. The molecular weight excluding hydrogens is 350 g/mol. The van der Waals surface area contributed by atoms with Crippen LogP contribution in [0.15, 0.2) is 47.1 Å². The minimum atomic E-state index is 0.975. The lowest BCUT2D eigenvalue weighted by Crippen LogP contribution is -2.27. The SMILES string of the molecule is CN1CCc2c(c3cc(Br)ccc3n2CCc2ccccn2)C1. The summed E-state index contributed by atoms with van der Waals surface area (Å²) in [6.45, 7) is 3.17. The normalized spacial score (nSPS) is 15.0. The number of likely N-dealkylation sites (N-methyl/N-ethyl adjacent to an activating group) is 1. The molecule has 1 aliphatic heterocycles. The average molecular weight is 370 g/mol. The topological polar surface area (TPSA) is 21.1 Å². The molecule has 0 unspecified atom stereocenters. The Morgan fingerprint density at radius 1 is 1.22 bits per heavy atom. The number of aromatic nitrogens is 2. The standard InChI is InChI=1S/C19H20BrN3/c1-22-10-8-19-17(13-22)16-12-14(20)5-6-18(16)23(19)11-7-15-4-2-3-9-21-15/h2-6,9,12H,7-8,10-11,13H2,1H3. The molecule has 1 aromatic carbocycles. The first-order chi connectivity index (χ1) is 11.2. The zero-order chi connectivity index (χ0) is 15.8. The van der Waals surface area contributed by atoms with E-state index in [1.54, 1.807) is 0 Å². The Hall–Kier alpha value is -1.65. The molecule has 3 aromatic rings. The van der Waals surface area contributed by atoms with Gasteiger partial charge in [-0.25, -0.2) is 0 Å². The number of hydrogen-bond donors (Lipinski definition) is 0. The third-order valence-corrected chi connectivity index (χ3v) is 5.22. The molecule has 118 valence electrons. The molecule has 0 N–H and O–H groups in total. The van der Waals surface area contributed by atoms with Crippen LogP contribution in [0.25, 0.3) is 10.9 Å². The maximum Gasteiger partial charge on any atom is 0.0486 e. The molecule has 4 rings (SSSR count). The average Bonchev–Trinajstić information content (AvgIpc) is 2.86. The number of hydrogen-bond acceptors (Lipinski definition) is 2. The largest absolute Gasteiger partial charge is 0.344 e. The first-order valence-corrected chi connectivity index (χ1v) is 8.89. The first-order valence-electron chi connectivity index (χ1n) is 8.10. The zero-order valence-corrected chi connectivity index (χ0v) is 14.9. The molecule has 0 aliphatic carbocycles. The van der Waals surface area contributed by atoms with Crippen LogP contribution in [0.3, 0.4) is 0 Å². The van der Waals surface area contributed by atoms with Crippen LogP contribution >= 0.6 is 15.9 Å². The maximum atomic E-state index is 4.47. The highest BCUT2D eigenvalue weighted by atomic mass is 79.9. The van der Waals surface area contributed by atoms with Crippen LogP contribution in [-0.2, 0) is 25.9 Å². The molecule has 3 nitrogen and oxygen atoms in total. The van der Waals surface area contributed by atoms with Crippen molar-refractivity contribution in [1.29, 1.82) is 0 Å². The van der Waals surface area contributed by atoms with Gasteiger partial charge in [0, 0.05) is 65.4 Å². The molecule has 23 heavy (non-hydrogen) atoms. The fourth-order valence-corrected chi connectivity index (χ4v) is 3.95. The minimum absolute atomic E-state index is 0.975. The molecule has 4 heteroatoms. The van der Waals surface area contributed by atoms with E-state index in [9.17, 15) is 0 Å². The number of benzene rings is 1. The van der Waals surface area contributed by atoms with Crippen molar-refractivity contribution in [3.05, 3.63) is 64.0 Å². The Kier molecular flexibility index (Phi) is 3.95. The second-order valence-corrected chi connectivity index (χ2v) is 7.21. The van der Waals surface area contributed by atoms with Crippen molar-refractivity contribution in [3.63, 3.8) is 0 Å². The number of fused-ring (bicyclic) bond motifs is 3. The molecule has 1 aliphatic rings. The van der Waals surface area contributed by atoms with E-state index in [1.165, 1.54) is 22.2 Å². The van der Waals surface area contributed by atoms with Crippen LogP contribution in [0.5, 0.6) is 0 Å². The number of halogens is 1. The summed E-state index contributed by atoms with van der Waals surface area (Å²) >= 11 is 3.63. The summed E-state index contributed by atoms with van der Waals surface area (Å²) < 4.78 is 3.67. The number of rotatable bonds is 3. The van der Waals surface area contributed by atoms with E-state index in [1.807, 2.05) is 12.3 Å². The monoisotopic (exact) mass is 369 g/mol. The molecule has 0 spiro atoms. The third kappa shape index (κ3) is 2.81. The molecule has 3 heterocycles. The summed E-state index contributed by atoms with van der Waals surface area (Å²) in [5.74, 6) is 0. The highest BCUT2D eigenvalue weighted by Gasteiger charge is 2.22. The maximum absolute atomic E-state index is 4.47. The van der Waals surface area contributed by atoms with E-state index in [4.69, 9.17) is 0 Å². The van der Waals surface area contributed by atoms with Gasteiger partial charge >= 0.3 is 0 Å². The Bertz CT molecular complexity index is 839. The Morgan fingerprint density at radius 3 is 2.96 bits per heavy atom. The van der Waals surface area contributed by atoms with Gasteiger partial charge < -0.3 is 9.47 Å². The van der Waals surface area contributed by atoms with Crippen LogP contribution in [0.2, 0.25) is 0 Å². The smallest absolute Gasteiger partial charge is 0.0486 e. The Labute approximate surface area is 145 Å². The van der Waals surface area contributed by atoms with Gasteiger partial charge in [0.2, 0.25) is 0 Å². The highest BCUT2D eigenvalue weighted by Crippen LogP contribution is 2.32. The third-order valence-electron chi connectivity index (χ3n) is 4.72. The van der Waals surface area contributed by atoms with Crippen molar-refractivity contribution in [1.82, 2.24) is 14.5 Å². The first kappa shape index (κ1) is 14.9. The molecule has 0 atom stereocenters. The van der Waals surface area contributed by atoms with Gasteiger partial charge in [-0.3, -0.25) is 4.98 Å². The summed E-state index contributed by atoms with van der Waals surface area (Å²) in [7, 11) is 2.21. The van der Waals surface area contributed by atoms with Crippen molar-refractivity contribution < 1.29 is 0 Å². The summed E-state index contributed by atoms with van der Waals surface area (Å²) in [6, 6.07) is 12.8. The number of aryl methyl sites for hydroxylation is 2. The van der Waals surface area contributed by atoms with E-state index in [0.717, 1.165) is 42.6 Å². The van der Waals surface area contributed by atoms with Gasteiger partial charge in [0.05, 0.1) is 0 Å². The van der Waals surface area contributed by atoms with Crippen LogP contribution in [-0.4, -0.2) is 28.0 Å². The molecule has 0 saturated heterocycles. The van der Waals surface area contributed by atoms with Crippen LogP contribution in [0.1, 0.15) is 17.0 Å². The van der Waals surface area contributed by atoms with Gasteiger partial charge in [-0.05, 0) is 42.9 Å². The fraction of sp³-hybridized carbons (Fsp3) is 0.316. The van der Waals surface area contributed by atoms with Crippen molar-refractivity contribution in [2.24, 2.45) is 0 Å². The summed E-state index contributed by atoms with van der Waals surface area (Å²) in [4.78, 5) is 6.88. The summed E-state index contributed by atoms with van der Waals surface area (Å²) in [5, 5.41) is 1.39. The van der Waals surface area contributed by atoms with Crippen LogP contribution < -0.4 is 0 Å². The van der Waals surface area contributed by atoms with E-state index < -0.39 is 0 Å². The van der Waals surface area contributed by atoms with Crippen molar-refractivity contribution in [2.45, 2.75) is 25.9 Å². The van der Waals surface area contributed by atoms with Gasteiger partial charge in [0.1, 0.15) is 0 Å². The van der Waals surface area contributed by atoms with Crippen LogP contribution in [0.4, 0.5) is 0 Å². The summed E-state index contributed by atoms with van der Waals surface area (Å²) in [6.07, 6.45) is 3.98. The number of nitrogens with zero attached hydrogens (tertiary/aromatic N) is 3. The van der Waals surface area contributed by atoms with E-state index >= 15 is 0 Å². The lowest BCUT2D eigenvalue weighted by Gasteiger charge is -2.24. The van der Waals surface area contributed by atoms with E-state index in [0.29, 0.717) is 0 Å². The Balaban J connectivity index is 1.76. The second-order valence-electron chi connectivity index (χ2n) is 6.30. The van der Waals surface area contributed by atoms with Gasteiger partial charge in [-0.15, -0.1) is 0 Å². The lowest BCUT2D eigenvalue weighted by atomic mass is 10.1. The predicted molar refractivity (Wildman–Crippen MR) is 97.6 cm³/mol. The van der Waals surface area contributed by atoms with E-state index in [-0.39, 0.29) is 0 Å². The van der Waals surface area contributed by atoms with Gasteiger partial charge in [-0.2, -0.15) is 0 Å². The predicted octanol–water partition coefficient (Wildman–Crippen LogP) is 4.03. The van der Waals surface area contributed by atoms with Crippen molar-refractivity contribution >= 4 is 26.8 Å². The lowest BCUT2D eigenvalue weighted by molar-refractivity contribution is 0.309. The van der Waals surface area contributed by atoms with Gasteiger partial charge in [0.25, 0.3) is 0 Å². The second kappa shape index (κ2) is 6.10. The van der Waals surface area contributed by atoms with Crippen molar-refractivity contribution in [3.8, 4) is 0 Å². The van der Waals surface area contributed by atoms with Gasteiger partial charge in [-0.1, -0.05) is 22.0 Å². The van der Waals surface area contributed by atoms with E-state index in [2.05, 4.69) is 67.8 Å².